The summed E-state index contributed by atoms with van der Waals surface area (Å²) in [5.41, 5.74) is 0. The van der Waals surface area contributed by atoms with E-state index in [1.807, 2.05) is 0 Å². The fraction of sp³-hybridized carbons (Fsp3) is 0.857. The minimum absolute atomic E-state index is 0.194. The number of hydrogen-bond acceptors (Lipinski definition) is 4. The van der Waals surface area contributed by atoms with Crippen LogP contribution in [0.25, 0.3) is 0 Å². The first kappa shape index (κ1) is 16.0. The lowest BCUT2D eigenvalue weighted by molar-refractivity contribution is -0.149. The number of likely N-dealkylation sites (tertiary alicyclic amines) is 1. The number of carboxylic acid groups (broad SMARTS) is 1. The van der Waals surface area contributed by atoms with Crippen LogP contribution in [0.2, 0.25) is 0 Å². The highest BCUT2D eigenvalue weighted by molar-refractivity contribution is 5.74. The Morgan fingerprint density at radius 3 is 2.43 bits per heavy atom. The Kier molecular flexibility index (Phi) is 5.81. The van der Waals surface area contributed by atoms with Crippen LogP contribution in [-0.2, 0) is 9.53 Å². The van der Waals surface area contributed by atoms with Crippen molar-refractivity contribution in [2.75, 3.05) is 33.2 Å². The van der Waals surface area contributed by atoms with Crippen molar-refractivity contribution in [2.45, 2.75) is 37.9 Å². The lowest BCUT2D eigenvalue weighted by Crippen LogP contribution is -2.43. The molecule has 2 rings (SSSR count). The number of amides is 2. The van der Waals surface area contributed by atoms with E-state index in [4.69, 9.17) is 9.84 Å². The number of piperidine rings is 1. The summed E-state index contributed by atoms with van der Waals surface area (Å²) in [6.07, 6.45) is 2.50. The van der Waals surface area contributed by atoms with Gasteiger partial charge in [-0.05, 0) is 51.7 Å². The van der Waals surface area contributed by atoms with Crippen LogP contribution >= 0.6 is 0 Å². The minimum Gasteiger partial charge on any atom is -0.479 e. The Morgan fingerprint density at radius 1 is 1.14 bits per heavy atom. The van der Waals surface area contributed by atoms with Crippen molar-refractivity contribution < 1.29 is 19.4 Å². The molecule has 0 spiro atoms. The van der Waals surface area contributed by atoms with E-state index in [1.54, 1.807) is 0 Å². The first-order valence-corrected chi connectivity index (χ1v) is 7.63. The van der Waals surface area contributed by atoms with Crippen LogP contribution in [0, 0.1) is 5.92 Å². The standard InChI is InChI=1S/C14H25N3O4/c1-17-6-4-10(5-7-17)8-15-14(20)16-9-11-2-3-12(21-11)13(18)19/h10-12H,2-9H2,1H3,(H,18,19)(H2,15,16,20). The molecular formula is C14H25N3O4. The number of nitrogens with zero attached hydrogens (tertiary/aromatic N) is 1. The Hall–Kier alpha value is -1.34. The van der Waals surface area contributed by atoms with Gasteiger partial charge in [-0.15, -0.1) is 0 Å². The molecule has 2 atom stereocenters. The van der Waals surface area contributed by atoms with Crippen LogP contribution in [0.5, 0.6) is 0 Å². The molecule has 2 aliphatic rings. The molecule has 0 saturated carbocycles. The number of carbonyl (C=O) groups excluding carboxylic acids is 1. The lowest BCUT2D eigenvalue weighted by atomic mass is 9.97. The number of hydrogen-bond donors (Lipinski definition) is 3. The Morgan fingerprint density at radius 2 is 1.81 bits per heavy atom. The summed E-state index contributed by atoms with van der Waals surface area (Å²) in [5.74, 6) is -0.379. The molecule has 3 N–H and O–H groups in total. The molecule has 2 heterocycles. The Labute approximate surface area is 125 Å². The van der Waals surface area contributed by atoms with Gasteiger partial charge in [-0.25, -0.2) is 9.59 Å². The van der Waals surface area contributed by atoms with Crippen LogP contribution in [0.4, 0.5) is 4.79 Å². The highest BCUT2D eigenvalue weighted by atomic mass is 16.5. The molecule has 2 aliphatic heterocycles. The molecule has 2 unspecified atom stereocenters. The van der Waals surface area contributed by atoms with Gasteiger partial charge in [-0.2, -0.15) is 0 Å². The zero-order valence-electron chi connectivity index (χ0n) is 12.5. The molecule has 7 nitrogen and oxygen atoms in total. The van der Waals surface area contributed by atoms with E-state index in [-0.39, 0.29) is 12.1 Å². The summed E-state index contributed by atoms with van der Waals surface area (Å²) in [6.45, 7) is 3.23. The van der Waals surface area contributed by atoms with Gasteiger partial charge in [0.2, 0.25) is 0 Å². The monoisotopic (exact) mass is 299 g/mol. The predicted molar refractivity (Wildman–Crippen MR) is 77.2 cm³/mol. The number of carboxylic acids is 1. The molecule has 120 valence electrons. The highest BCUT2D eigenvalue weighted by Gasteiger charge is 2.30. The largest absolute Gasteiger partial charge is 0.479 e. The third kappa shape index (κ3) is 5.17. The van der Waals surface area contributed by atoms with Crippen LogP contribution in [0.15, 0.2) is 0 Å². The zero-order valence-corrected chi connectivity index (χ0v) is 12.5. The number of carbonyl (C=O) groups is 2. The van der Waals surface area contributed by atoms with Crippen molar-refractivity contribution in [3.05, 3.63) is 0 Å². The van der Waals surface area contributed by atoms with Gasteiger partial charge in [0.25, 0.3) is 0 Å². The molecule has 2 fully saturated rings. The second-order valence-electron chi connectivity index (χ2n) is 6.00. The van der Waals surface area contributed by atoms with Gasteiger partial charge in [0.1, 0.15) is 0 Å². The highest BCUT2D eigenvalue weighted by Crippen LogP contribution is 2.19. The maximum atomic E-state index is 11.7. The molecule has 0 aromatic heterocycles. The second-order valence-corrected chi connectivity index (χ2v) is 6.00. The van der Waals surface area contributed by atoms with E-state index in [9.17, 15) is 9.59 Å². The van der Waals surface area contributed by atoms with E-state index >= 15 is 0 Å². The maximum Gasteiger partial charge on any atom is 0.332 e. The topological polar surface area (TPSA) is 90.9 Å². The number of rotatable bonds is 5. The van der Waals surface area contributed by atoms with Gasteiger partial charge in [0.15, 0.2) is 6.10 Å². The van der Waals surface area contributed by atoms with E-state index in [0.29, 0.717) is 31.8 Å². The number of urea groups is 1. The van der Waals surface area contributed by atoms with Crippen molar-refractivity contribution in [1.29, 1.82) is 0 Å². The molecule has 0 aromatic carbocycles. The molecule has 0 aromatic rings. The van der Waals surface area contributed by atoms with Gasteiger partial charge >= 0.3 is 12.0 Å². The number of aliphatic carboxylic acids is 1. The second kappa shape index (κ2) is 7.61. The number of ether oxygens (including phenoxy) is 1. The lowest BCUT2D eigenvalue weighted by Gasteiger charge is -2.29. The summed E-state index contributed by atoms with van der Waals surface area (Å²) < 4.78 is 5.33. The zero-order chi connectivity index (χ0) is 15.2. The van der Waals surface area contributed by atoms with Crippen molar-refractivity contribution in [3.8, 4) is 0 Å². The van der Waals surface area contributed by atoms with Crippen LogP contribution in [-0.4, -0.2) is 67.4 Å². The van der Waals surface area contributed by atoms with Gasteiger partial charge in [0, 0.05) is 13.1 Å². The van der Waals surface area contributed by atoms with Crippen LogP contribution in [0.3, 0.4) is 0 Å². The maximum absolute atomic E-state index is 11.7. The van der Waals surface area contributed by atoms with E-state index in [1.165, 1.54) is 0 Å². The number of nitrogens with one attached hydrogen (secondary N) is 2. The summed E-state index contributed by atoms with van der Waals surface area (Å²) >= 11 is 0. The van der Waals surface area contributed by atoms with Crippen LogP contribution in [0.1, 0.15) is 25.7 Å². The molecular weight excluding hydrogens is 274 g/mol. The van der Waals surface area contributed by atoms with Crippen molar-refractivity contribution in [1.82, 2.24) is 15.5 Å². The van der Waals surface area contributed by atoms with Crippen molar-refractivity contribution in [2.24, 2.45) is 5.92 Å². The van der Waals surface area contributed by atoms with E-state index in [0.717, 1.165) is 25.9 Å². The Balaban J connectivity index is 1.57. The van der Waals surface area contributed by atoms with E-state index in [2.05, 4.69) is 22.6 Å². The van der Waals surface area contributed by atoms with Crippen molar-refractivity contribution >= 4 is 12.0 Å². The average molecular weight is 299 g/mol. The molecule has 7 heteroatoms. The van der Waals surface area contributed by atoms with Gasteiger partial charge in [0.05, 0.1) is 6.10 Å². The summed E-state index contributed by atoms with van der Waals surface area (Å²) in [6, 6.07) is -0.198. The molecule has 0 radical (unpaired) electrons. The molecule has 2 amide bonds. The van der Waals surface area contributed by atoms with Crippen LogP contribution < -0.4 is 10.6 Å². The first-order chi connectivity index (χ1) is 10.0. The third-order valence-electron chi connectivity index (χ3n) is 4.26. The fourth-order valence-corrected chi connectivity index (χ4v) is 2.81. The van der Waals surface area contributed by atoms with Crippen molar-refractivity contribution in [3.63, 3.8) is 0 Å². The first-order valence-electron chi connectivity index (χ1n) is 7.63. The summed E-state index contributed by atoms with van der Waals surface area (Å²) in [7, 11) is 2.11. The SMILES string of the molecule is CN1CCC(CNC(=O)NCC2CCC(C(=O)O)O2)CC1. The Bertz CT molecular complexity index is 369. The summed E-state index contributed by atoms with van der Waals surface area (Å²) in [5, 5.41) is 14.5. The van der Waals surface area contributed by atoms with Gasteiger partial charge in [-0.3, -0.25) is 0 Å². The smallest absolute Gasteiger partial charge is 0.332 e. The van der Waals surface area contributed by atoms with E-state index < -0.39 is 12.1 Å². The molecule has 0 bridgehead atoms. The summed E-state index contributed by atoms with van der Waals surface area (Å²) in [4.78, 5) is 24.8. The third-order valence-corrected chi connectivity index (χ3v) is 4.26. The molecule has 21 heavy (non-hydrogen) atoms. The fourth-order valence-electron chi connectivity index (χ4n) is 2.81. The molecule has 0 aliphatic carbocycles. The van der Waals surface area contributed by atoms with Gasteiger partial charge in [-0.1, -0.05) is 0 Å². The van der Waals surface area contributed by atoms with Gasteiger partial charge < -0.3 is 25.4 Å². The normalized spacial score (nSPS) is 27.5. The minimum atomic E-state index is -0.927. The quantitative estimate of drug-likeness (QED) is 0.677. The average Bonchev–Trinajstić information content (AvgIpc) is 2.93. The predicted octanol–water partition coefficient (Wildman–Crippen LogP) is 0.260. The molecule has 2 saturated heterocycles.